The molecule has 2 unspecified atom stereocenters. The summed E-state index contributed by atoms with van der Waals surface area (Å²) in [5, 5.41) is 8.71. The quantitative estimate of drug-likeness (QED) is 0.849. The smallest absolute Gasteiger partial charge is 0.320 e. The Morgan fingerprint density at radius 1 is 1.00 bits per heavy atom. The van der Waals surface area contributed by atoms with Crippen molar-refractivity contribution in [2.45, 2.75) is 26.7 Å². The molecule has 6 heteroatoms. The van der Waals surface area contributed by atoms with Gasteiger partial charge in [0.15, 0.2) is 0 Å². The van der Waals surface area contributed by atoms with Gasteiger partial charge in [-0.25, -0.2) is 4.79 Å². The molecule has 120 valence electrons. The van der Waals surface area contributed by atoms with E-state index in [0.29, 0.717) is 31.5 Å². The van der Waals surface area contributed by atoms with E-state index in [2.05, 4.69) is 18.7 Å². The van der Waals surface area contributed by atoms with Crippen molar-refractivity contribution in [3.05, 3.63) is 0 Å². The van der Waals surface area contributed by atoms with Crippen LogP contribution in [-0.2, 0) is 4.79 Å². The molecule has 0 aliphatic carbocycles. The van der Waals surface area contributed by atoms with Gasteiger partial charge in [-0.05, 0) is 18.3 Å². The van der Waals surface area contributed by atoms with E-state index in [1.165, 1.54) is 6.42 Å². The topological polar surface area (TPSA) is 64.1 Å². The molecule has 6 nitrogen and oxygen atoms in total. The molecule has 0 saturated carbocycles. The van der Waals surface area contributed by atoms with Gasteiger partial charge in [0.1, 0.15) is 0 Å². The number of piperazine rings is 1. The monoisotopic (exact) mass is 297 g/mol. The average molecular weight is 297 g/mol. The number of hydrogen-bond donors (Lipinski definition) is 1. The molecule has 0 radical (unpaired) electrons. The van der Waals surface area contributed by atoms with Crippen molar-refractivity contribution in [3.8, 4) is 0 Å². The van der Waals surface area contributed by atoms with Crippen LogP contribution in [0, 0.1) is 11.8 Å². The Labute approximate surface area is 126 Å². The van der Waals surface area contributed by atoms with E-state index in [-0.39, 0.29) is 12.5 Å². The van der Waals surface area contributed by atoms with Crippen molar-refractivity contribution in [3.63, 3.8) is 0 Å². The van der Waals surface area contributed by atoms with Crippen LogP contribution in [0.2, 0.25) is 0 Å². The lowest BCUT2D eigenvalue weighted by Crippen LogP contribution is -2.55. The van der Waals surface area contributed by atoms with Gasteiger partial charge in [-0.2, -0.15) is 0 Å². The fraction of sp³-hybridized carbons (Fsp3) is 0.867. The molecular weight excluding hydrogens is 270 g/mol. The summed E-state index contributed by atoms with van der Waals surface area (Å²) in [6, 6.07) is 0.159. The number of amides is 2. The summed E-state index contributed by atoms with van der Waals surface area (Å²) in [4.78, 5) is 29.2. The lowest BCUT2D eigenvalue weighted by atomic mass is 9.92. The number of hydrogen-bond acceptors (Lipinski definition) is 3. The van der Waals surface area contributed by atoms with Crippen molar-refractivity contribution in [2.75, 3.05) is 45.8 Å². The summed E-state index contributed by atoms with van der Waals surface area (Å²) in [6.45, 7) is 9.69. The molecule has 2 heterocycles. The van der Waals surface area contributed by atoms with Gasteiger partial charge in [-0.1, -0.05) is 13.8 Å². The maximum atomic E-state index is 12.6. The molecule has 1 N–H and O–H groups in total. The summed E-state index contributed by atoms with van der Waals surface area (Å²) in [5.41, 5.74) is 0. The van der Waals surface area contributed by atoms with Crippen LogP contribution in [0.3, 0.4) is 0 Å². The molecule has 0 aromatic rings. The normalized spacial score (nSPS) is 27.7. The predicted molar refractivity (Wildman–Crippen MR) is 80.2 cm³/mol. The first-order valence-corrected chi connectivity index (χ1v) is 7.93. The van der Waals surface area contributed by atoms with Crippen molar-refractivity contribution < 1.29 is 14.7 Å². The number of piperidine rings is 1. The van der Waals surface area contributed by atoms with Crippen molar-refractivity contribution in [1.82, 2.24) is 14.7 Å². The van der Waals surface area contributed by atoms with Gasteiger partial charge in [0.05, 0.1) is 6.42 Å². The molecule has 0 aromatic heterocycles. The standard InChI is InChI=1S/C15H27N3O3/c1-12-9-13(2)11-18(10-12)15(21)17-7-5-16(6-8-17)4-3-14(19)20/h12-13H,3-11H2,1-2H3,(H,19,20). The Morgan fingerprint density at radius 3 is 2.10 bits per heavy atom. The zero-order valence-electron chi connectivity index (χ0n) is 13.1. The van der Waals surface area contributed by atoms with E-state index >= 15 is 0 Å². The van der Waals surface area contributed by atoms with E-state index < -0.39 is 5.97 Å². The minimum Gasteiger partial charge on any atom is -0.481 e. The van der Waals surface area contributed by atoms with E-state index in [1.807, 2.05) is 9.80 Å². The summed E-state index contributed by atoms with van der Waals surface area (Å²) in [6.07, 6.45) is 1.38. The van der Waals surface area contributed by atoms with Crippen LogP contribution in [0.4, 0.5) is 4.79 Å². The van der Waals surface area contributed by atoms with Crippen molar-refractivity contribution >= 4 is 12.0 Å². The lowest BCUT2D eigenvalue weighted by molar-refractivity contribution is -0.137. The van der Waals surface area contributed by atoms with Crippen LogP contribution in [0.15, 0.2) is 0 Å². The number of carbonyl (C=O) groups is 2. The maximum absolute atomic E-state index is 12.6. The van der Waals surface area contributed by atoms with Crippen molar-refractivity contribution in [2.24, 2.45) is 11.8 Å². The van der Waals surface area contributed by atoms with Crippen LogP contribution >= 0.6 is 0 Å². The lowest BCUT2D eigenvalue weighted by Gasteiger charge is -2.41. The highest BCUT2D eigenvalue weighted by molar-refractivity contribution is 5.74. The van der Waals surface area contributed by atoms with Gasteiger partial charge in [0, 0.05) is 45.8 Å². The number of carboxylic acid groups (broad SMARTS) is 1. The minimum atomic E-state index is -0.759. The second-order valence-electron chi connectivity index (χ2n) is 6.61. The molecule has 0 aromatic carbocycles. The zero-order valence-corrected chi connectivity index (χ0v) is 13.1. The Kier molecular flexibility index (Phi) is 5.45. The molecule has 21 heavy (non-hydrogen) atoms. The van der Waals surface area contributed by atoms with E-state index in [9.17, 15) is 9.59 Å². The molecule has 2 fully saturated rings. The molecule has 2 saturated heterocycles. The number of urea groups is 1. The van der Waals surface area contributed by atoms with Crippen LogP contribution in [0.1, 0.15) is 26.7 Å². The van der Waals surface area contributed by atoms with E-state index in [4.69, 9.17) is 5.11 Å². The predicted octanol–water partition coefficient (Wildman–Crippen LogP) is 1.18. The fourth-order valence-corrected chi connectivity index (χ4v) is 3.44. The Bertz CT molecular complexity index is 370. The second kappa shape index (κ2) is 7.11. The summed E-state index contributed by atoms with van der Waals surface area (Å²) in [5.74, 6) is 0.397. The van der Waals surface area contributed by atoms with E-state index in [1.54, 1.807) is 0 Å². The third-order valence-corrected chi connectivity index (χ3v) is 4.42. The van der Waals surface area contributed by atoms with Crippen LogP contribution in [0.25, 0.3) is 0 Å². The van der Waals surface area contributed by atoms with Gasteiger partial charge < -0.3 is 14.9 Å². The SMILES string of the molecule is CC1CC(C)CN(C(=O)N2CCN(CCC(=O)O)CC2)C1. The fourth-order valence-electron chi connectivity index (χ4n) is 3.44. The molecule has 0 spiro atoms. The van der Waals surface area contributed by atoms with Crippen molar-refractivity contribution in [1.29, 1.82) is 0 Å². The number of carbonyl (C=O) groups excluding carboxylic acids is 1. The molecular formula is C15H27N3O3. The Balaban J connectivity index is 1.78. The number of carboxylic acids is 1. The summed E-state index contributed by atoms with van der Waals surface area (Å²) >= 11 is 0. The maximum Gasteiger partial charge on any atom is 0.320 e. The molecule has 2 atom stereocenters. The third kappa shape index (κ3) is 4.59. The molecule has 2 amide bonds. The minimum absolute atomic E-state index is 0.159. The molecule has 2 aliphatic heterocycles. The van der Waals surface area contributed by atoms with Gasteiger partial charge >= 0.3 is 12.0 Å². The number of likely N-dealkylation sites (tertiary alicyclic amines) is 1. The Morgan fingerprint density at radius 2 is 1.57 bits per heavy atom. The first kappa shape index (κ1) is 16.1. The van der Waals surface area contributed by atoms with Gasteiger partial charge in [-0.3, -0.25) is 9.69 Å². The Hall–Kier alpha value is -1.30. The number of rotatable bonds is 3. The third-order valence-electron chi connectivity index (χ3n) is 4.42. The first-order chi connectivity index (χ1) is 9.95. The second-order valence-corrected chi connectivity index (χ2v) is 6.61. The average Bonchev–Trinajstić information content (AvgIpc) is 2.44. The van der Waals surface area contributed by atoms with Gasteiger partial charge in [0.25, 0.3) is 0 Å². The van der Waals surface area contributed by atoms with Crippen LogP contribution in [0.5, 0.6) is 0 Å². The van der Waals surface area contributed by atoms with Crippen LogP contribution in [-0.4, -0.2) is 77.6 Å². The van der Waals surface area contributed by atoms with Gasteiger partial charge in [0.2, 0.25) is 0 Å². The largest absolute Gasteiger partial charge is 0.481 e. The number of aliphatic carboxylic acids is 1. The molecule has 2 aliphatic rings. The van der Waals surface area contributed by atoms with Crippen LogP contribution < -0.4 is 0 Å². The molecule has 2 rings (SSSR count). The molecule has 0 bridgehead atoms. The number of nitrogens with zero attached hydrogens (tertiary/aromatic N) is 3. The van der Waals surface area contributed by atoms with E-state index in [0.717, 1.165) is 26.2 Å². The zero-order chi connectivity index (χ0) is 15.4. The highest BCUT2D eigenvalue weighted by Gasteiger charge is 2.30. The highest BCUT2D eigenvalue weighted by atomic mass is 16.4. The van der Waals surface area contributed by atoms with Gasteiger partial charge in [-0.15, -0.1) is 0 Å². The summed E-state index contributed by atoms with van der Waals surface area (Å²) < 4.78 is 0. The highest BCUT2D eigenvalue weighted by Crippen LogP contribution is 2.22. The first-order valence-electron chi connectivity index (χ1n) is 7.93. The summed E-state index contributed by atoms with van der Waals surface area (Å²) in [7, 11) is 0.